The molecule has 1 saturated heterocycles. The summed E-state index contributed by atoms with van der Waals surface area (Å²) in [6.07, 6.45) is 4.98. The first kappa shape index (κ1) is 19.5. The van der Waals surface area contributed by atoms with E-state index in [1.807, 2.05) is 4.90 Å². The molecule has 0 radical (unpaired) electrons. The van der Waals surface area contributed by atoms with Crippen LogP contribution in [0.3, 0.4) is 0 Å². The highest BCUT2D eigenvalue weighted by Crippen LogP contribution is 2.47. The van der Waals surface area contributed by atoms with Crippen LogP contribution in [0.5, 0.6) is 0 Å². The number of nitrogens with zero attached hydrogens (tertiary/aromatic N) is 2. The molecular formula is C26H33N3O. The van der Waals surface area contributed by atoms with Crippen LogP contribution < -0.4 is 15.1 Å². The molecule has 1 N–H and O–H groups in total. The highest BCUT2D eigenvalue weighted by Gasteiger charge is 2.39. The molecule has 2 aliphatic heterocycles. The van der Waals surface area contributed by atoms with Crippen LogP contribution in [0, 0.1) is 18.8 Å². The summed E-state index contributed by atoms with van der Waals surface area (Å²) in [5.74, 6) is 2.06. The molecule has 3 unspecified atom stereocenters. The van der Waals surface area contributed by atoms with Gasteiger partial charge in [-0.1, -0.05) is 23.8 Å². The van der Waals surface area contributed by atoms with Crippen molar-refractivity contribution in [3.8, 4) is 0 Å². The molecule has 2 heterocycles. The van der Waals surface area contributed by atoms with Crippen LogP contribution in [-0.2, 0) is 4.79 Å². The number of carbonyl (C=O) groups excluding carboxylic acids is 1. The molecule has 0 aromatic heterocycles. The van der Waals surface area contributed by atoms with Gasteiger partial charge in [-0.15, -0.1) is 0 Å². The summed E-state index contributed by atoms with van der Waals surface area (Å²) in [6, 6.07) is 15.8. The van der Waals surface area contributed by atoms with Gasteiger partial charge >= 0.3 is 0 Å². The molecule has 1 saturated carbocycles. The third-order valence-electron chi connectivity index (χ3n) is 7.37. The Morgan fingerprint density at radius 2 is 1.70 bits per heavy atom. The maximum Gasteiger partial charge on any atom is 0.224 e. The van der Waals surface area contributed by atoms with Gasteiger partial charge in [-0.2, -0.15) is 0 Å². The number of benzene rings is 2. The van der Waals surface area contributed by atoms with Gasteiger partial charge in [0.25, 0.3) is 0 Å². The molecule has 2 aromatic rings. The average molecular weight is 404 g/mol. The second-order valence-corrected chi connectivity index (χ2v) is 9.60. The second-order valence-electron chi connectivity index (χ2n) is 9.60. The monoisotopic (exact) mass is 403 g/mol. The second kappa shape index (κ2) is 7.64. The van der Waals surface area contributed by atoms with Gasteiger partial charge in [-0.3, -0.25) is 4.79 Å². The number of fused-ring (bicyclic) bond motifs is 2. The summed E-state index contributed by atoms with van der Waals surface area (Å²) >= 11 is 0. The lowest BCUT2D eigenvalue weighted by Crippen LogP contribution is -2.43. The van der Waals surface area contributed by atoms with E-state index in [-0.39, 0.29) is 18.0 Å². The summed E-state index contributed by atoms with van der Waals surface area (Å²) in [5, 5.41) is 3.72. The van der Waals surface area contributed by atoms with Crippen LogP contribution >= 0.6 is 0 Å². The standard InChI is InChI=1S/C26H33N3O/c1-17-4-6-22(7-5-17)27-25-14-18(2)29(19(3)30)26-16-23(8-9-24(25)26)28-12-10-20-15-21(20)11-13-28/h4-9,16,18,20-21,25,27H,10-15H2,1-3H3/t18?,20-,21?,25?/m1/s1. The Morgan fingerprint density at radius 1 is 1.00 bits per heavy atom. The van der Waals surface area contributed by atoms with Crippen molar-refractivity contribution in [2.24, 2.45) is 11.8 Å². The summed E-state index contributed by atoms with van der Waals surface area (Å²) in [6.45, 7) is 8.25. The normalized spacial score (nSPS) is 27.7. The first-order valence-corrected chi connectivity index (χ1v) is 11.5. The van der Waals surface area contributed by atoms with Crippen molar-refractivity contribution >= 4 is 23.0 Å². The highest BCUT2D eigenvalue weighted by molar-refractivity contribution is 5.94. The molecule has 1 amide bonds. The topological polar surface area (TPSA) is 35.6 Å². The number of hydrogen-bond acceptors (Lipinski definition) is 3. The zero-order valence-corrected chi connectivity index (χ0v) is 18.4. The molecule has 0 bridgehead atoms. The number of nitrogens with one attached hydrogen (secondary N) is 1. The molecule has 1 aliphatic carbocycles. The zero-order valence-electron chi connectivity index (χ0n) is 18.4. The van der Waals surface area contributed by atoms with Gasteiger partial charge in [0.2, 0.25) is 5.91 Å². The first-order valence-electron chi connectivity index (χ1n) is 11.5. The quantitative estimate of drug-likeness (QED) is 0.732. The van der Waals surface area contributed by atoms with Crippen molar-refractivity contribution in [2.75, 3.05) is 28.2 Å². The van der Waals surface area contributed by atoms with Gasteiger partial charge in [0.05, 0.1) is 11.7 Å². The fraction of sp³-hybridized carbons (Fsp3) is 0.500. The summed E-state index contributed by atoms with van der Waals surface area (Å²) in [4.78, 5) is 17.1. The third kappa shape index (κ3) is 3.68. The minimum atomic E-state index is 0.131. The summed E-state index contributed by atoms with van der Waals surface area (Å²) < 4.78 is 0. The van der Waals surface area contributed by atoms with Crippen molar-refractivity contribution < 1.29 is 4.79 Å². The smallest absolute Gasteiger partial charge is 0.224 e. The number of carbonyl (C=O) groups is 1. The van der Waals surface area contributed by atoms with E-state index < -0.39 is 0 Å². The lowest BCUT2D eigenvalue weighted by atomic mass is 9.90. The molecule has 4 nitrogen and oxygen atoms in total. The van der Waals surface area contributed by atoms with Crippen LogP contribution in [-0.4, -0.2) is 25.0 Å². The van der Waals surface area contributed by atoms with E-state index >= 15 is 0 Å². The van der Waals surface area contributed by atoms with E-state index in [9.17, 15) is 4.79 Å². The van der Waals surface area contributed by atoms with Crippen LogP contribution in [0.1, 0.15) is 56.7 Å². The number of rotatable bonds is 3. The van der Waals surface area contributed by atoms with Gasteiger partial charge in [0.15, 0.2) is 0 Å². The lowest BCUT2D eigenvalue weighted by molar-refractivity contribution is -0.117. The predicted molar refractivity (Wildman–Crippen MR) is 124 cm³/mol. The Labute approximate surface area is 180 Å². The molecule has 2 fully saturated rings. The minimum Gasteiger partial charge on any atom is -0.378 e. The predicted octanol–water partition coefficient (Wildman–Crippen LogP) is 5.53. The minimum absolute atomic E-state index is 0.131. The highest BCUT2D eigenvalue weighted by atomic mass is 16.2. The van der Waals surface area contributed by atoms with Crippen LogP contribution in [0.4, 0.5) is 17.1 Å². The van der Waals surface area contributed by atoms with Crippen molar-refractivity contribution in [2.45, 2.75) is 58.5 Å². The van der Waals surface area contributed by atoms with Gasteiger partial charge in [0.1, 0.15) is 0 Å². The fourth-order valence-corrected chi connectivity index (χ4v) is 5.54. The van der Waals surface area contributed by atoms with Gasteiger partial charge in [-0.05, 0) is 81.2 Å². The number of anilines is 3. The van der Waals surface area contributed by atoms with Crippen molar-refractivity contribution in [1.82, 2.24) is 0 Å². The molecule has 4 atom stereocenters. The fourth-order valence-electron chi connectivity index (χ4n) is 5.54. The molecule has 4 heteroatoms. The van der Waals surface area contributed by atoms with Gasteiger partial charge < -0.3 is 15.1 Å². The van der Waals surface area contributed by atoms with Crippen LogP contribution in [0.2, 0.25) is 0 Å². The maximum absolute atomic E-state index is 12.6. The molecule has 3 aliphatic rings. The largest absolute Gasteiger partial charge is 0.378 e. The van der Waals surface area contributed by atoms with Crippen molar-refractivity contribution in [3.05, 3.63) is 53.6 Å². The Kier molecular flexibility index (Phi) is 4.96. The molecule has 2 aromatic carbocycles. The van der Waals surface area contributed by atoms with Crippen LogP contribution in [0.15, 0.2) is 42.5 Å². The van der Waals surface area contributed by atoms with Crippen molar-refractivity contribution in [1.29, 1.82) is 0 Å². The summed E-state index contributed by atoms with van der Waals surface area (Å²) in [7, 11) is 0. The average Bonchev–Trinajstić information content (AvgIpc) is 3.48. The number of aryl methyl sites for hydroxylation is 1. The zero-order chi connectivity index (χ0) is 20.8. The SMILES string of the molecule is CC(=O)N1c2cc(N3CCC4C[C@H]4CC3)ccc2C(Nc2ccc(C)cc2)CC1C. The molecule has 158 valence electrons. The van der Waals surface area contributed by atoms with Crippen molar-refractivity contribution in [3.63, 3.8) is 0 Å². The van der Waals surface area contributed by atoms with E-state index in [2.05, 4.69) is 66.5 Å². The van der Waals surface area contributed by atoms with E-state index in [1.165, 1.54) is 36.1 Å². The van der Waals surface area contributed by atoms with Gasteiger partial charge in [-0.25, -0.2) is 0 Å². The Balaban J connectivity index is 1.46. The molecule has 0 spiro atoms. The number of hydrogen-bond donors (Lipinski definition) is 1. The maximum atomic E-state index is 12.6. The molecular weight excluding hydrogens is 370 g/mol. The van der Waals surface area contributed by atoms with E-state index in [0.29, 0.717) is 0 Å². The Morgan fingerprint density at radius 3 is 2.37 bits per heavy atom. The van der Waals surface area contributed by atoms with E-state index in [4.69, 9.17) is 0 Å². The van der Waals surface area contributed by atoms with Gasteiger partial charge in [0, 0.05) is 37.4 Å². The molecule has 30 heavy (non-hydrogen) atoms. The van der Waals surface area contributed by atoms with E-state index in [0.717, 1.165) is 42.7 Å². The third-order valence-corrected chi connectivity index (χ3v) is 7.37. The Hall–Kier alpha value is -2.49. The van der Waals surface area contributed by atoms with Crippen LogP contribution in [0.25, 0.3) is 0 Å². The molecule has 5 rings (SSSR count). The Bertz CT molecular complexity index is 926. The first-order chi connectivity index (χ1) is 14.5. The van der Waals surface area contributed by atoms with E-state index in [1.54, 1.807) is 6.92 Å². The number of amides is 1. The summed E-state index contributed by atoms with van der Waals surface area (Å²) in [5.41, 5.74) is 5.98. The lowest BCUT2D eigenvalue weighted by Gasteiger charge is -2.40.